The first-order valence-corrected chi connectivity index (χ1v) is 14.9. The molecule has 2 atom stereocenters. The molecule has 0 aromatic heterocycles. The second-order valence-corrected chi connectivity index (χ2v) is 10.6. The first-order valence-electron chi connectivity index (χ1n) is 14.3. The molecule has 0 radical (unpaired) electrons. The van der Waals surface area contributed by atoms with Crippen LogP contribution in [0.2, 0.25) is 0 Å². The van der Waals surface area contributed by atoms with Gasteiger partial charge < -0.3 is 24.8 Å². The Morgan fingerprint density at radius 3 is 1.67 bits per heavy atom. The summed E-state index contributed by atoms with van der Waals surface area (Å²) < 4.78 is 15.8. The Morgan fingerprint density at radius 1 is 0.778 bits per heavy atom. The molecule has 2 unspecified atom stereocenters. The first kappa shape index (κ1) is 34.8. The number of unbranched alkanes of at least 4 members (excludes halogenated alkanes) is 14. The summed E-state index contributed by atoms with van der Waals surface area (Å²) in [4.78, 5) is 23.7. The second kappa shape index (κ2) is 24.1. The van der Waals surface area contributed by atoms with Crippen molar-refractivity contribution in [2.45, 2.75) is 135 Å². The molecule has 0 aromatic rings. The number of hydrogen-bond acceptors (Lipinski definition) is 5. The highest BCUT2D eigenvalue weighted by molar-refractivity contribution is 6.18. The van der Waals surface area contributed by atoms with Crippen molar-refractivity contribution in [1.82, 2.24) is 10.6 Å². The van der Waals surface area contributed by atoms with E-state index >= 15 is 0 Å². The van der Waals surface area contributed by atoms with Gasteiger partial charge in [-0.25, -0.2) is 9.59 Å². The van der Waals surface area contributed by atoms with Gasteiger partial charge in [0.15, 0.2) is 0 Å². The smallest absolute Gasteiger partial charge is 0.407 e. The second-order valence-electron chi connectivity index (χ2n) is 10.2. The van der Waals surface area contributed by atoms with Crippen LogP contribution in [-0.2, 0) is 14.2 Å². The fraction of sp³-hybridized carbons (Fsp3) is 0.929. The monoisotopic (exact) mass is 534 g/mol. The van der Waals surface area contributed by atoms with Crippen LogP contribution < -0.4 is 10.6 Å². The van der Waals surface area contributed by atoms with E-state index in [-0.39, 0.29) is 19.3 Å². The minimum Gasteiger partial charge on any atom is -0.446 e. The Balaban J connectivity index is 3.68. The topological polar surface area (TPSA) is 85.9 Å². The van der Waals surface area contributed by atoms with Crippen molar-refractivity contribution in [3.63, 3.8) is 0 Å². The average Bonchev–Trinajstić information content (AvgIpc) is 2.87. The van der Waals surface area contributed by atoms with Crippen molar-refractivity contribution in [2.75, 3.05) is 32.7 Å². The number of alkyl halides is 1. The molecule has 2 N–H and O–H groups in total. The summed E-state index contributed by atoms with van der Waals surface area (Å²) in [5.41, 5.74) is -0.923. The number of hydrogen-bond donors (Lipinski definition) is 2. The standard InChI is InChI=1S/C28H55ClN2O5/c1-5-6-7-8-9-10-11-12-13-14-15-16-17-18-19-20-25(2)31-27(33)36-24-28(3,34-4)23-35-26(32)30-22-21-29/h25H,5-24H2,1-4H3,(H,30,32)(H,31,33). The fourth-order valence-electron chi connectivity index (χ4n) is 3.93. The lowest BCUT2D eigenvalue weighted by Gasteiger charge is -2.27. The van der Waals surface area contributed by atoms with Crippen molar-refractivity contribution < 1.29 is 23.8 Å². The summed E-state index contributed by atoms with van der Waals surface area (Å²) >= 11 is 5.53. The number of carbonyl (C=O) groups is 2. The maximum Gasteiger partial charge on any atom is 0.407 e. The Kier molecular flexibility index (Phi) is 23.3. The number of rotatable bonds is 24. The molecule has 0 aliphatic rings. The number of halogens is 1. The summed E-state index contributed by atoms with van der Waals surface area (Å²) in [5.74, 6) is 0.303. The van der Waals surface area contributed by atoms with Crippen LogP contribution in [0.1, 0.15) is 124 Å². The molecule has 0 saturated carbocycles. The SMILES string of the molecule is CCCCCCCCCCCCCCCCCC(C)NC(=O)OCC(C)(COC(=O)NCCCl)OC. The average molecular weight is 535 g/mol. The molecule has 0 spiro atoms. The third-order valence-electron chi connectivity index (χ3n) is 6.48. The molecule has 0 fully saturated rings. The van der Waals surface area contributed by atoms with Crippen LogP contribution in [0.25, 0.3) is 0 Å². The first-order chi connectivity index (χ1) is 17.4. The Hall–Kier alpha value is -1.21. The lowest BCUT2D eigenvalue weighted by molar-refractivity contribution is -0.0769. The number of carbonyl (C=O) groups excluding carboxylic acids is 2. The van der Waals surface area contributed by atoms with Crippen LogP contribution in [0.5, 0.6) is 0 Å². The molecule has 8 heteroatoms. The Morgan fingerprint density at radius 2 is 1.22 bits per heavy atom. The molecule has 2 amide bonds. The van der Waals surface area contributed by atoms with Crippen LogP contribution >= 0.6 is 11.6 Å². The van der Waals surface area contributed by atoms with Crippen LogP contribution in [0.4, 0.5) is 9.59 Å². The minimum atomic E-state index is -0.923. The summed E-state index contributed by atoms with van der Waals surface area (Å²) in [6.07, 6.45) is 20.0. The van der Waals surface area contributed by atoms with Gasteiger partial charge in [0.2, 0.25) is 0 Å². The van der Waals surface area contributed by atoms with Crippen molar-refractivity contribution in [1.29, 1.82) is 0 Å². The molecule has 36 heavy (non-hydrogen) atoms. The van der Waals surface area contributed by atoms with Crippen LogP contribution in [-0.4, -0.2) is 56.6 Å². The molecule has 7 nitrogen and oxygen atoms in total. The number of nitrogens with one attached hydrogen (secondary N) is 2. The molecule has 0 bridgehead atoms. The maximum atomic E-state index is 12.1. The zero-order valence-corrected chi connectivity index (χ0v) is 24.4. The zero-order chi connectivity index (χ0) is 26.9. The molecule has 0 aliphatic heterocycles. The largest absolute Gasteiger partial charge is 0.446 e. The van der Waals surface area contributed by atoms with E-state index < -0.39 is 17.8 Å². The Bertz CT molecular complexity index is 538. The van der Waals surface area contributed by atoms with Crippen molar-refractivity contribution >= 4 is 23.8 Å². The third kappa shape index (κ3) is 22.0. The summed E-state index contributed by atoms with van der Waals surface area (Å²) in [6.45, 7) is 6.23. The van der Waals surface area contributed by atoms with Crippen molar-refractivity contribution in [3.8, 4) is 0 Å². The van der Waals surface area contributed by atoms with Gasteiger partial charge in [0.05, 0.1) is 0 Å². The van der Waals surface area contributed by atoms with E-state index in [1.807, 2.05) is 6.92 Å². The number of amides is 2. The minimum absolute atomic E-state index is 0.0240. The summed E-state index contributed by atoms with van der Waals surface area (Å²) in [7, 11) is 1.49. The molecule has 0 aliphatic carbocycles. The zero-order valence-electron chi connectivity index (χ0n) is 23.6. The quantitative estimate of drug-likeness (QED) is 0.0976. The molecule has 0 aromatic carbocycles. The van der Waals surface area contributed by atoms with E-state index in [9.17, 15) is 9.59 Å². The lowest BCUT2D eigenvalue weighted by atomic mass is 10.0. The van der Waals surface area contributed by atoms with E-state index in [1.165, 1.54) is 97.0 Å². The van der Waals surface area contributed by atoms with Gasteiger partial charge in [-0.3, -0.25) is 0 Å². The molecular formula is C28H55ClN2O5. The predicted molar refractivity (Wildman–Crippen MR) is 149 cm³/mol. The van der Waals surface area contributed by atoms with Gasteiger partial charge in [0.25, 0.3) is 0 Å². The summed E-state index contributed by atoms with van der Waals surface area (Å²) in [6, 6.07) is 0.0471. The van der Waals surface area contributed by atoms with E-state index in [1.54, 1.807) is 6.92 Å². The van der Waals surface area contributed by atoms with Crippen LogP contribution in [0, 0.1) is 0 Å². The van der Waals surface area contributed by atoms with Gasteiger partial charge in [0.1, 0.15) is 18.8 Å². The van der Waals surface area contributed by atoms with E-state index in [0.29, 0.717) is 12.4 Å². The maximum absolute atomic E-state index is 12.1. The molecule has 214 valence electrons. The molecule has 0 rings (SSSR count). The number of ether oxygens (including phenoxy) is 3. The molecular weight excluding hydrogens is 480 g/mol. The van der Waals surface area contributed by atoms with E-state index in [2.05, 4.69) is 17.6 Å². The molecule has 0 heterocycles. The highest BCUT2D eigenvalue weighted by atomic mass is 35.5. The predicted octanol–water partition coefficient (Wildman–Crippen LogP) is 7.73. The van der Waals surface area contributed by atoms with E-state index in [4.69, 9.17) is 25.8 Å². The highest BCUT2D eigenvalue weighted by Gasteiger charge is 2.28. The Labute approximate surface area is 226 Å². The van der Waals surface area contributed by atoms with Crippen LogP contribution in [0.3, 0.4) is 0 Å². The van der Waals surface area contributed by atoms with Gasteiger partial charge in [-0.1, -0.05) is 103 Å². The van der Waals surface area contributed by atoms with Crippen molar-refractivity contribution in [2.24, 2.45) is 0 Å². The van der Waals surface area contributed by atoms with E-state index in [0.717, 1.165) is 12.8 Å². The van der Waals surface area contributed by atoms with Gasteiger partial charge >= 0.3 is 12.2 Å². The number of alkyl carbamates (subject to hydrolysis) is 2. The third-order valence-corrected chi connectivity index (χ3v) is 6.67. The van der Waals surface area contributed by atoms with Gasteiger partial charge in [0, 0.05) is 25.6 Å². The van der Waals surface area contributed by atoms with Crippen LogP contribution in [0.15, 0.2) is 0 Å². The van der Waals surface area contributed by atoms with Crippen molar-refractivity contribution in [3.05, 3.63) is 0 Å². The van der Waals surface area contributed by atoms with Gasteiger partial charge in [-0.05, 0) is 20.3 Å². The number of methoxy groups -OCH3 is 1. The van der Waals surface area contributed by atoms with Gasteiger partial charge in [-0.15, -0.1) is 11.6 Å². The molecule has 0 saturated heterocycles. The highest BCUT2D eigenvalue weighted by Crippen LogP contribution is 2.14. The normalized spacial score (nSPS) is 13.6. The van der Waals surface area contributed by atoms with Gasteiger partial charge in [-0.2, -0.15) is 0 Å². The summed E-state index contributed by atoms with van der Waals surface area (Å²) in [5, 5.41) is 5.37. The fourth-order valence-corrected chi connectivity index (χ4v) is 4.03. The lowest BCUT2D eigenvalue weighted by Crippen LogP contribution is -2.43.